The van der Waals surface area contributed by atoms with Crippen molar-refractivity contribution < 1.29 is 4.79 Å². The van der Waals surface area contributed by atoms with Crippen LogP contribution in [-0.2, 0) is 13.0 Å². The van der Waals surface area contributed by atoms with E-state index in [1.807, 2.05) is 6.20 Å². The molecule has 17 heavy (non-hydrogen) atoms. The zero-order chi connectivity index (χ0) is 11.8. The van der Waals surface area contributed by atoms with Crippen molar-refractivity contribution in [3.63, 3.8) is 0 Å². The molecule has 0 aromatic carbocycles. The van der Waals surface area contributed by atoms with Crippen LogP contribution in [-0.4, -0.2) is 10.4 Å². The van der Waals surface area contributed by atoms with E-state index in [4.69, 9.17) is 0 Å². The maximum atomic E-state index is 11.7. The van der Waals surface area contributed by atoms with Crippen molar-refractivity contribution in [1.29, 1.82) is 0 Å². The number of aryl methyl sites for hydroxylation is 1. The van der Waals surface area contributed by atoms with E-state index in [0.717, 1.165) is 29.4 Å². The molecule has 4 heteroatoms. The normalized spacial score (nSPS) is 15.0. The minimum Gasteiger partial charge on any atom is -0.348 e. The van der Waals surface area contributed by atoms with Crippen molar-refractivity contribution in [2.24, 2.45) is 0 Å². The predicted molar refractivity (Wildman–Crippen MR) is 72.8 cm³/mol. The van der Waals surface area contributed by atoms with E-state index in [1.54, 1.807) is 11.3 Å². The zero-order valence-electron chi connectivity index (χ0n) is 9.28. The SMILES string of the molecule is O=C1CCCc2cn(Cc3cc(Br)cs3)cc21. The number of aromatic nitrogens is 1. The minimum atomic E-state index is 0.303. The number of Topliss-reactive ketones (excluding diaryl/α,β-unsaturated/α-hetero) is 1. The summed E-state index contributed by atoms with van der Waals surface area (Å²) >= 11 is 5.20. The van der Waals surface area contributed by atoms with Gasteiger partial charge in [0.05, 0.1) is 6.54 Å². The number of thiophene rings is 1. The molecule has 0 radical (unpaired) electrons. The van der Waals surface area contributed by atoms with Gasteiger partial charge in [0.15, 0.2) is 5.78 Å². The Balaban J connectivity index is 1.87. The number of halogens is 1. The fraction of sp³-hybridized carbons (Fsp3) is 0.308. The maximum Gasteiger partial charge on any atom is 0.164 e. The van der Waals surface area contributed by atoms with Crippen LogP contribution in [0.15, 0.2) is 28.3 Å². The summed E-state index contributed by atoms with van der Waals surface area (Å²) in [4.78, 5) is 13.0. The van der Waals surface area contributed by atoms with Gasteiger partial charge in [0.2, 0.25) is 0 Å². The number of hydrogen-bond acceptors (Lipinski definition) is 2. The molecule has 88 valence electrons. The number of carbonyl (C=O) groups excluding carboxylic acids is 1. The highest BCUT2D eigenvalue weighted by Crippen LogP contribution is 2.24. The van der Waals surface area contributed by atoms with E-state index in [-0.39, 0.29) is 0 Å². The van der Waals surface area contributed by atoms with Crippen LogP contribution in [0.2, 0.25) is 0 Å². The molecule has 0 aliphatic heterocycles. The van der Waals surface area contributed by atoms with Crippen LogP contribution in [0.5, 0.6) is 0 Å². The molecular formula is C13H12BrNOS. The number of rotatable bonds is 2. The lowest BCUT2D eigenvalue weighted by atomic mass is 9.95. The van der Waals surface area contributed by atoms with Gasteiger partial charge < -0.3 is 4.57 Å². The quantitative estimate of drug-likeness (QED) is 0.825. The van der Waals surface area contributed by atoms with Gasteiger partial charge in [-0.2, -0.15) is 0 Å². The van der Waals surface area contributed by atoms with Gasteiger partial charge in [-0.3, -0.25) is 4.79 Å². The minimum absolute atomic E-state index is 0.303. The van der Waals surface area contributed by atoms with Crippen molar-refractivity contribution in [2.75, 3.05) is 0 Å². The second-order valence-corrected chi connectivity index (χ2v) is 6.29. The molecular weight excluding hydrogens is 298 g/mol. The Morgan fingerprint density at radius 2 is 2.24 bits per heavy atom. The summed E-state index contributed by atoms with van der Waals surface area (Å²) in [5.74, 6) is 0.303. The van der Waals surface area contributed by atoms with E-state index < -0.39 is 0 Å². The Hall–Kier alpha value is -0.870. The summed E-state index contributed by atoms with van der Waals surface area (Å²) in [5.41, 5.74) is 2.16. The van der Waals surface area contributed by atoms with Gasteiger partial charge in [-0.15, -0.1) is 11.3 Å². The zero-order valence-corrected chi connectivity index (χ0v) is 11.7. The molecule has 0 N–H and O–H groups in total. The van der Waals surface area contributed by atoms with Crippen LogP contribution >= 0.6 is 27.3 Å². The molecule has 1 aliphatic rings. The molecule has 0 saturated carbocycles. The third-order valence-corrected chi connectivity index (χ3v) is 4.76. The Bertz CT molecular complexity index is 570. The van der Waals surface area contributed by atoms with Crippen LogP contribution in [0.25, 0.3) is 0 Å². The standard InChI is InChI=1S/C13H12BrNOS/c14-10-4-11(17-8-10)6-15-5-9-2-1-3-13(16)12(9)7-15/h4-5,7-8H,1-3,6H2. The highest BCUT2D eigenvalue weighted by Gasteiger charge is 2.19. The Kier molecular flexibility index (Phi) is 2.92. The first-order chi connectivity index (χ1) is 8.22. The highest BCUT2D eigenvalue weighted by atomic mass is 79.9. The summed E-state index contributed by atoms with van der Waals surface area (Å²) < 4.78 is 3.26. The van der Waals surface area contributed by atoms with Crippen LogP contribution in [0.3, 0.4) is 0 Å². The van der Waals surface area contributed by atoms with Crippen LogP contribution in [0.4, 0.5) is 0 Å². The molecule has 0 unspecified atom stereocenters. The van der Waals surface area contributed by atoms with Gasteiger partial charge in [0, 0.05) is 39.1 Å². The van der Waals surface area contributed by atoms with Gasteiger partial charge >= 0.3 is 0 Å². The monoisotopic (exact) mass is 309 g/mol. The Labute approximate surface area is 112 Å². The average molecular weight is 310 g/mol. The molecule has 2 heterocycles. The molecule has 2 aromatic rings. The molecule has 2 aromatic heterocycles. The highest BCUT2D eigenvalue weighted by molar-refractivity contribution is 9.10. The number of carbonyl (C=O) groups is 1. The first-order valence-electron chi connectivity index (χ1n) is 5.67. The Morgan fingerprint density at radius 3 is 2.94 bits per heavy atom. The van der Waals surface area contributed by atoms with E-state index >= 15 is 0 Å². The molecule has 0 saturated heterocycles. The third kappa shape index (κ3) is 2.24. The second-order valence-electron chi connectivity index (χ2n) is 4.38. The largest absolute Gasteiger partial charge is 0.348 e. The summed E-state index contributed by atoms with van der Waals surface area (Å²) in [6.45, 7) is 0.858. The fourth-order valence-corrected chi connectivity index (χ4v) is 3.75. The second kappa shape index (κ2) is 4.42. The summed E-state index contributed by atoms with van der Waals surface area (Å²) in [6.07, 6.45) is 6.88. The number of hydrogen-bond donors (Lipinski definition) is 0. The summed E-state index contributed by atoms with van der Waals surface area (Å²) in [7, 11) is 0. The predicted octanol–water partition coefficient (Wildman–Crippen LogP) is 3.88. The van der Waals surface area contributed by atoms with E-state index in [2.05, 4.69) is 38.1 Å². The molecule has 3 rings (SSSR count). The topological polar surface area (TPSA) is 22.0 Å². The maximum absolute atomic E-state index is 11.7. The van der Waals surface area contributed by atoms with Crippen LogP contribution < -0.4 is 0 Å². The van der Waals surface area contributed by atoms with Gasteiger partial charge in [0.1, 0.15) is 0 Å². The van der Waals surface area contributed by atoms with Gasteiger partial charge in [-0.05, 0) is 40.4 Å². The summed E-state index contributed by atoms with van der Waals surface area (Å²) in [5, 5.41) is 2.09. The average Bonchev–Trinajstić information content (AvgIpc) is 2.86. The van der Waals surface area contributed by atoms with E-state index in [0.29, 0.717) is 12.2 Å². The van der Waals surface area contributed by atoms with E-state index in [9.17, 15) is 4.79 Å². The lowest BCUT2D eigenvalue weighted by Gasteiger charge is -2.07. The first-order valence-corrected chi connectivity index (χ1v) is 7.34. The molecule has 1 aliphatic carbocycles. The number of ketones is 1. The van der Waals surface area contributed by atoms with Crippen LogP contribution in [0.1, 0.15) is 33.6 Å². The molecule has 0 fully saturated rings. The van der Waals surface area contributed by atoms with Gasteiger partial charge in [-0.25, -0.2) is 0 Å². The molecule has 0 spiro atoms. The Morgan fingerprint density at radius 1 is 1.35 bits per heavy atom. The number of fused-ring (bicyclic) bond motifs is 1. The van der Waals surface area contributed by atoms with Crippen molar-refractivity contribution >= 4 is 33.0 Å². The van der Waals surface area contributed by atoms with Crippen molar-refractivity contribution in [3.8, 4) is 0 Å². The number of nitrogens with zero attached hydrogens (tertiary/aromatic N) is 1. The van der Waals surface area contributed by atoms with Gasteiger partial charge in [0.25, 0.3) is 0 Å². The fourth-order valence-electron chi connectivity index (χ4n) is 2.29. The first kappa shape index (κ1) is 11.2. The summed E-state index contributed by atoms with van der Waals surface area (Å²) in [6, 6.07) is 2.13. The molecule has 0 amide bonds. The third-order valence-electron chi connectivity index (χ3n) is 3.07. The van der Waals surface area contributed by atoms with Crippen molar-refractivity contribution in [3.05, 3.63) is 44.3 Å². The van der Waals surface area contributed by atoms with Crippen molar-refractivity contribution in [2.45, 2.75) is 25.8 Å². The molecule has 0 bridgehead atoms. The van der Waals surface area contributed by atoms with Crippen LogP contribution in [0, 0.1) is 0 Å². The molecule has 0 atom stereocenters. The van der Waals surface area contributed by atoms with E-state index in [1.165, 1.54) is 10.4 Å². The van der Waals surface area contributed by atoms with Crippen molar-refractivity contribution in [1.82, 2.24) is 4.57 Å². The molecule has 2 nitrogen and oxygen atoms in total. The smallest absolute Gasteiger partial charge is 0.164 e. The lowest BCUT2D eigenvalue weighted by Crippen LogP contribution is -2.07. The lowest BCUT2D eigenvalue weighted by molar-refractivity contribution is 0.0973. The van der Waals surface area contributed by atoms with Gasteiger partial charge in [-0.1, -0.05) is 0 Å².